The molecule has 0 aliphatic carbocycles. The number of halogens is 1. The Labute approximate surface area is 151 Å². The number of nitrogens with zero attached hydrogens (tertiary/aromatic N) is 3. The third-order valence-corrected chi connectivity index (χ3v) is 5.04. The summed E-state index contributed by atoms with van der Waals surface area (Å²) in [5.41, 5.74) is 2.58. The summed E-state index contributed by atoms with van der Waals surface area (Å²) in [7, 11) is 0. The van der Waals surface area contributed by atoms with E-state index in [0.717, 1.165) is 49.4 Å². The van der Waals surface area contributed by atoms with Crippen LogP contribution in [0, 0.1) is 5.82 Å². The van der Waals surface area contributed by atoms with Crippen LogP contribution in [0.25, 0.3) is 0 Å². The number of hydrogen-bond acceptors (Lipinski definition) is 5. The fraction of sp³-hybridized carbons (Fsp3) is 0.474. The van der Waals surface area contributed by atoms with Gasteiger partial charge in [0.2, 0.25) is 5.95 Å². The summed E-state index contributed by atoms with van der Waals surface area (Å²) in [6.07, 6.45) is 1.39. The van der Waals surface area contributed by atoms with Gasteiger partial charge in [0.25, 0.3) is 5.56 Å². The Kier molecular flexibility index (Phi) is 4.99. The van der Waals surface area contributed by atoms with E-state index < -0.39 is 0 Å². The normalized spacial score (nSPS) is 18.4. The highest BCUT2D eigenvalue weighted by Crippen LogP contribution is 2.16. The molecule has 1 fully saturated rings. The molecule has 1 saturated heterocycles. The third-order valence-electron chi connectivity index (χ3n) is 5.04. The smallest absolute Gasteiger partial charge is 0.255 e. The molecule has 1 aromatic heterocycles. The fourth-order valence-corrected chi connectivity index (χ4v) is 3.62. The van der Waals surface area contributed by atoms with Crippen LogP contribution in [-0.4, -0.2) is 54.3 Å². The lowest BCUT2D eigenvalue weighted by Gasteiger charge is -2.27. The largest absolute Gasteiger partial charge is 0.378 e. The highest BCUT2D eigenvalue weighted by atomic mass is 19.1. The molecule has 138 valence electrons. The average Bonchev–Trinajstić information content (AvgIpc) is 2.85. The number of H-pyrrole nitrogens is 1. The summed E-state index contributed by atoms with van der Waals surface area (Å²) >= 11 is 0. The van der Waals surface area contributed by atoms with Gasteiger partial charge in [0, 0.05) is 44.7 Å². The number of morpholine rings is 1. The van der Waals surface area contributed by atoms with Crippen molar-refractivity contribution in [3.05, 3.63) is 57.3 Å². The van der Waals surface area contributed by atoms with Gasteiger partial charge in [0.1, 0.15) is 5.82 Å². The summed E-state index contributed by atoms with van der Waals surface area (Å²) in [5.74, 6) is 0.435. The van der Waals surface area contributed by atoms with E-state index in [4.69, 9.17) is 9.72 Å². The van der Waals surface area contributed by atoms with Crippen molar-refractivity contribution in [2.45, 2.75) is 19.4 Å². The number of fused-ring (bicyclic) bond motifs is 1. The lowest BCUT2D eigenvalue weighted by molar-refractivity contribution is 0.122. The molecular formula is C19H23FN4O2. The molecule has 0 amide bonds. The van der Waals surface area contributed by atoms with E-state index in [9.17, 15) is 9.18 Å². The van der Waals surface area contributed by atoms with Crippen LogP contribution in [0.2, 0.25) is 0 Å². The summed E-state index contributed by atoms with van der Waals surface area (Å²) < 4.78 is 18.8. The van der Waals surface area contributed by atoms with Gasteiger partial charge in [-0.25, -0.2) is 9.37 Å². The van der Waals surface area contributed by atoms with Crippen molar-refractivity contribution in [3.8, 4) is 0 Å². The number of aromatic nitrogens is 2. The lowest BCUT2D eigenvalue weighted by atomic mass is 10.1. The minimum atomic E-state index is -0.214. The van der Waals surface area contributed by atoms with E-state index in [1.807, 2.05) is 6.07 Å². The van der Waals surface area contributed by atoms with E-state index in [1.165, 1.54) is 6.07 Å². The third kappa shape index (κ3) is 3.78. The Morgan fingerprint density at radius 2 is 1.96 bits per heavy atom. The molecule has 4 rings (SSSR count). The standard InChI is InChI=1S/C19H23FN4O2/c20-15-3-1-2-14(12-15)13-23-6-4-16-17(5-7-23)21-19(22-18(16)25)24-8-10-26-11-9-24/h1-3,12H,4-11,13H2,(H,21,22,25). The van der Waals surface area contributed by atoms with E-state index >= 15 is 0 Å². The van der Waals surface area contributed by atoms with E-state index in [2.05, 4.69) is 14.8 Å². The number of nitrogens with one attached hydrogen (secondary N) is 1. The Bertz CT molecular complexity index is 833. The van der Waals surface area contributed by atoms with Gasteiger partial charge in [-0.15, -0.1) is 0 Å². The van der Waals surface area contributed by atoms with Crippen LogP contribution >= 0.6 is 0 Å². The number of aromatic amines is 1. The topological polar surface area (TPSA) is 61.5 Å². The van der Waals surface area contributed by atoms with E-state index in [1.54, 1.807) is 12.1 Å². The average molecular weight is 358 g/mol. The molecule has 6 nitrogen and oxygen atoms in total. The van der Waals surface area contributed by atoms with Crippen molar-refractivity contribution in [1.29, 1.82) is 0 Å². The molecule has 1 aromatic carbocycles. The number of hydrogen-bond donors (Lipinski definition) is 1. The second-order valence-electron chi connectivity index (χ2n) is 6.82. The Morgan fingerprint density at radius 1 is 1.15 bits per heavy atom. The Hall–Kier alpha value is -2.25. The number of benzene rings is 1. The van der Waals surface area contributed by atoms with Crippen LogP contribution in [-0.2, 0) is 24.1 Å². The molecule has 0 atom stereocenters. The zero-order valence-electron chi connectivity index (χ0n) is 14.7. The predicted octanol–water partition coefficient (Wildman–Crippen LogP) is 1.35. The molecule has 2 aliphatic heterocycles. The van der Waals surface area contributed by atoms with Crippen LogP contribution in [0.15, 0.2) is 29.1 Å². The summed E-state index contributed by atoms with van der Waals surface area (Å²) in [6.45, 7) is 5.05. The van der Waals surface area contributed by atoms with Crippen LogP contribution in [0.5, 0.6) is 0 Å². The molecular weight excluding hydrogens is 335 g/mol. The van der Waals surface area contributed by atoms with Gasteiger partial charge in [-0.1, -0.05) is 12.1 Å². The minimum Gasteiger partial charge on any atom is -0.378 e. The number of ether oxygens (including phenoxy) is 1. The maximum absolute atomic E-state index is 13.4. The SMILES string of the molecule is O=c1[nH]c(N2CCOCC2)nc2c1CCN(Cc1cccc(F)c1)CC2. The van der Waals surface area contributed by atoms with Gasteiger partial charge in [-0.2, -0.15) is 0 Å². The summed E-state index contributed by atoms with van der Waals surface area (Å²) in [6, 6.07) is 6.69. The fourth-order valence-electron chi connectivity index (χ4n) is 3.62. The maximum Gasteiger partial charge on any atom is 0.255 e. The molecule has 0 unspecified atom stereocenters. The van der Waals surface area contributed by atoms with Crippen molar-refractivity contribution in [2.24, 2.45) is 0 Å². The first-order valence-electron chi connectivity index (χ1n) is 9.10. The first-order chi connectivity index (χ1) is 12.7. The van der Waals surface area contributed by atoms with Gasteiger partial charge >= 0.3 is 0 Å². The highest BCUT2D eigenvalue weighted by molar-refractivity contribution is 5.34. The molecule has 0 bridgehead atoms. The summed E-state index contributed by atoms with van der Waals surface area (Å²) in [4.78, 5) is 24.6. The molecule has 2 aromatic rings. The first kappa shape index (κ1) is 17.2. The van der Waals surface area contributed by atoms with Crippen molar-refractivity contribution < 1.29 is 9.13 Å². The first-order valence-corrected chi connectivity index (χ1v) is 9.10. The van der Waals surface area contributed by atoms with Gasteiger partial charge < -0.3 is 9.64 Å². The zero-order valence-corrected chi connectivity index (χ0v) is 14.7. The maximum atomic E-state index is 13.4. The van der Waals surface area contributed by atoms with Crippen molar-refractivity contribution in [2.75, 3.05) is 44.3 Å². The van der Waals surface area contributed by atoms with Crippen LogP contribution in [0.4, 0.5) is 10.3 Å². The van der Waals surface area contributed by atoms with E-state index in [0.29, 0.717) is 32.1 Å². The van der Waals surface area contributed by atoms with Gasteiger partial charge in [0.15, 0.2) is 0 Å². The second kappa shape index (κ2) is 7.55. The second-order valence-corrected chi connectivity index (χ2v) is 6.82. The van der Waals surface area contributed by atoms with Crippen molar-refractivity contribution >= 4 is 5.95 Å². The predicted molar refractivity (Wildman–Crippen MR) is 97.0 cm³/mol. The lowest BCUT2D eigenvalue weighted by Crippen LogP contribution is -2.38. The van der Waals surface area contributed by atoms with Crippen LogP contribution in [0.1, 0.15) is 16.8 Å². The Balaban J connectivity index is 1.50. The number of rotatable bonds is 3. The van der Waals surface area contributed by atoms with Gasteiger partial charge in [-0.3, -0.25) is 14.7 Å². The quantitative estimate of drug-likeness (QED) is 0.897. The van der Waals surface area contributed by atoms with Crippen LogP contribution < -0.4 is 10.5 Å². The highest BCUT2D eigenvalue weighted by Gasteiger charge is 2.21. The van der Waals surface area contributed by atoms with Gasteiger partial charge in [-0.05, 0) is 24.1 Å². The van der Waals surface area contributed by atoms with Crippen molar-refractivity contribution in [3.63, 3.8) is 0 Å². The molecule has 7 heteroatoms. The monoisotopic (exact) mass is 358 g/mol. The molecule has 3 heterocycles. The molecule has 26 heavy (non-hydrogen) atoms. The molecule has 0 saturated carbocycles. The van der Waals surface area contributed by atoms with E-state index in [-0.39, 0.29) is 11.4 Å². The molecule has 1 N–H and O–H groups in total. The van der Waals surface area contributed by atoms with Crippen molar-refractivity contribution in [1.82, 2.24) is 14.9 Å². The minimum absolute atomic E-state index is 0.0379. The van der Waals surface area contributed by atoms with Gasteiger partial charge in [0.05, 0.1) is 18.9 Å². The molecule has 0 radical (unpaired) electrons. The van der Waals surface area contributed by atoms with Crippen LogP contribution in [0.3, 0.4) is 0 Å². The summed E-state index contributed by atoms with van der Waals surface area (Å²) in [5, 5.41) is 0. The number of anilines is 1. The molecule has 2 aliphatic rings. The Morgan fingerprint density at radius 3 is 2.77 bits per heavy atom. The zero-order chi connectivity index (χ0) is 17.9. The molecule has 0 spiro atoms.